The molecular weight excluding hydrogens is 204 g/mol. The fraction of sp³-hybridized carbons (Fsp3) is 0.833. The lowest BCUT2D eigenvalue weighted by Crippen LogP contribution is -2.41. The molecular formula is C12H18N2O2. The smallest absolute Gasteiger partial charge is 0.243 e. The summed E-state index contributed by atoms with van der Waals surface area (Å²) in [5.74, 6) is 0.00741. The Morgan fingerprint density at radius 3 is 2.81 bits per heavy atom. The van der Waals surface area contributed by atoms with Crippen molar-refractivity contribution in [3.63, 3.8) is 0 Å². The monoisotopic (exact) mass is 222 g/mol. The van der Waals surface area contributed by atoms with Gasteiger partial charge in [-0.25, -0.2) is 0 Å². The topological polar surface area (TPSA) is 53.3 Å². The number of ether oxygens (including phenoxy) is 1. The van der Waals surface area contributed by atoms with Gasteiger partial charge in [-0.1, -0.05) is 0 Å². The number of rotatable bonds is 4. The van der Waals surface area contributed by atoms with Gasteiger partial charge in [0.2, 0.25) is 5.91 Å². The molecule has 0 aromatic heterocycles. The van der Waals surface area contributed by atoms with Gasteiger partial charge in [0, 0.05) is 19.7 Å². The van der Waals surface area contributed by atoms with Gasteiger partial charge >= 0.3 is 0 Å². The SMILES string of the molecule is CCN(CC1CCCO1)C(=O)C1(C#N)CC1. The van der Waals surface area contributed by atoms with Gasteiger partial charge in [-0.15, -0.1) is 0 Å². The Morgan fingerprint density at radius 2 is 2.38 bits per heavy atom. The first-order valence-electron chi connectivity index (χ1n) is 6.04. The molecule has 0 aromatic rings. The van der Waals surface area contributed by atoms with Gasteiger partial charge in [-0.05, 0) is 32.6 Å². The number of nitrogens with zero attached hydrogens (tertiary/aromatic N) is 2. The highest BCUT2D eigenvalue weighted by Gasteiger charge is 2.52. The van der Waals surface area contributed by atoms with Gasteiger partial charge in [-0.3, -0.25) is 4.79 Å². The van der Waals surface area contributed by atoms with Crippen molar-refractivity contribution in [1.82, 2.24) is 4.90 Å². The predicted octanol–water partition coefficient (Wildman–Crippen LogP) is 1.32. The second kappa shape index (κ2) is 4.42. The minimum absolute atomic E-state index is 0.00741. The standard InChI is InChI=1S/C12H18N2O2/c1-2-14(8-10-4-3-7-16-10)11(15)12(9-13)5-6-12/h10H,2-8H2,1H3. The first-order chi connectivity index (χ1) is 7.72. The minimum atomic E-state index is -0.686. The third-order valence-corrected chi connectivity index (χ3v) is 3.49. The van der Waals surface area contributed by atoms with Gasteiger partial charge in [0.25, 0.3) is 0 Å². The maximum atomic E-state index is 12.1. The minimum Gasteiger partial charge on any atom is -0.376 e. The molecule has 1 atom stereocenters. The van der Waals surface area contributed by atoms with Crippen molar-refractivity contribution in [2.75, 3.05) is 19.7 Å². The molecule has 0 N–H and O–H groups in total. The van der Waals surface area contributed by atoms with E-state index >= 15 is 0 Å². The number of amides is 1. The van der Waals surface area contributed by atoms with E-state index in [-0.39, 0.29) is 12.0 Å². The highest BCUT2D eigenvalue weighted by atomic mass is 16.5. The summed E-state index contributed by atoms with van der Waals surface area (Å²) in [6.07, 6.45) is 3.75. The van der Waals surface area contributed by atoms with Crippen LogP contribution in [0.2, 0.25) is 0 Å². The van der Waals surface area contributed by atoms with Crippen LogP contribution >= 0.6 is 0 Å². The highest BCUT2D eigenvalue weighted by Crippen LogP contribution is 2.46. The lowest BCUT2D eigenvalue weighted by atomic mass is 10.1. The Hall–Kier alpha value is -1.08. The van der Waals surface area contributed by atoms with Crippen LogP contribution in [0.15, 0.2) is 0 Å². The van der Waals surface area contributed by atoms with E-state index in [9.17, 15) is 4.79 Å². The zero-order valence-electron chi connectivity index (χ0n) is 9.74. The van der Waals surface area contributed by atoms with Crippen LogP contribution in [-0.2, 0) is 9.53 Å². The molecule has 2 fully saturated rings. The van der Waals surface area contributed by atoms with E-state index in [1.54, 1.807) is 4.90 Å². The second-order valence-corrected chi connectivity index (χ2v) is 4.67. The molecule has 4 heteroatoms. The van der Waals surface area contributed by atoms with E-state index in [2.05, 4.69) is 6.07 Å². The number of hydrogen-bond donors (Lipinski definition) is 0. The van der Waals surface area contributed by atoms with E-state index < -0.39 is 5.41 Å². The van der Waals surface area contributed by atoms with Crippen LogP contribution < -0.4 is 0 Å². The molecule has 0 radical (unpaired) electrons. The van der Waals surface area contributed by atoms with Crippen molar-refractivity contribution in [2.45, 2.75) is 38.7 Å². The Balaban J connectivity index is 1.94. The van der Waals surface area contributed by atoms with E-state index in [1.807, 2.05) is 6.92 Å². The zero-order chi connectivity index (χ0) is 11.6. The van der Waals surface area contributed by atoms with Crippen LogP contribution in [0.5, 0.6) is 0 Å². The number of likely N-dealkylation sites (N-methyl/N-ethyl adjacent to an activating group) is 1. The largest absolute Gasteiger partial charge is 0.376 e. The number of carbonyl (C=O) groups excluding carboxylic acids is 1. The van der Waals surface area contributed by atoms with Crippen LogP contribution in [0, 0.1) is 16.7 Å². The first kappa shape index (κ1) is 11.4. The van der Waals surface area contributed by atoms with Crippen molar-refractivity contribution in [3.05, 3.63) is 0 Å². The number of hydrogen-bond acceptors (Lipinski definition) is 3. The fourth-order valence-electron chi connectivity index (χ4n) is 2.19. The average molecular weight is 222 g/mol. The van der Waals surface area contributed by atoms with Crippen LogP contribution in [0.4, 0.5) is 0 Å². The maximum Gasteiger partial charge on any atom is 0.243 e. The summed E-state index contributed by atoms with van der Waals surface area (Å²) in [5.41, 5.74) is -0.686. The lowest BCUT2D eigenvalue weighted by Gasteiger charge is -2.25. The fourth-order valence-corrected chi connectivity index (χ4v) is 2.19. The van der Waals surface area contributed by atoms with Gasteiger partial charge in [0.15, 0.2) is 0 Å². The van der Waals surface area contributed by atoms with Crippen LogP contribution in [0.25, 0.3) is 0 Å². The molecule has 4 nitrogen and oxygen atoms in total. The number of carbonyl (C=O) groups is 1. The van der Waals surface area contributed by atoms with Crippen LogP contribution in [-0.4, -0.2) is 36.6 Å². The molecule has 2 aliphatic rings. The molecule has 1 aliphatic carbocycles. The summed E-state index contributed by atoms with van der Waals surface area (Å²) in [6.45, 7) is 4.08. The molecule has 16 heavy (non-hydrogen) atoms. The first-order valence-corrected chi connectivity index (χ1v) is 6.04. The van der Waals surface area contributed by atoms with Crippen molar-refractivity contribution in [1.29, 1.82) is 5.26 Å². The zero-order valence-corrected chi connectivity index (χ0v) is 9.74. The van der Waals surface area contributed by atoms with E-state index in [0.29, 0.717) is 13.1 Å². The molecule has 1 amide bonds. The molecule has 0 bridgehead atoms. The van der Waals surface area contributed by atoms with Crippen molar-refractivity contribution in [2.24, 2.45) is 5.41 Å². The third-order valence-electron chi connectivity index (χ3n) is 3.49. The Labute approximate surface area is 96.2 Å². The summed E-state index contributed by atoms with van der Waals surface area (Å²) in [5, 5.41) is 9.00. The Morgan fingerprint density at radius 1 is 1.62 bits per heavy atom. The lowest BCUT2D eigenvalue weighted by molar-refractivity contribution is -0.136. The van der Waals surface area contributed by atoms with E-state index in [4.69, 9.17) is 10.00 Å². The number of nitriles is 1. The quantitative estimate of drug-likeness (QED) is 0.720. The molecule has 1 saturated carbocycles. The highest BCUT2D eigenvalue weighted by molar-refractivity contribution is 5.88. The predicted molar refractivity (Wildman–Crippen MR) is 58.5 cm³/mol. The van der Waals surface area contributed by atoms with Gasteiger partial charge in [0.1, 0.15) is 5.41 Å². The van der Waals surface area contributed by atoms with Crippen LogP contribution in [0.3, 0.4) is 0 Å². The molecule has 1 heterocycles. The summed E-state index contributed by atoms with van der Waals surface area (Å²) < 4.78 is 5.53. The van der Waals surface area contributed by atoms with Gasteiger partial charge in [0.05, 0.1) is 12.2 Å². The van der Waals surface area contributed by atoms with Gasteiger partial charge < -0.3 is 9.64 Å². The molecule has 1 saturated heterocycles. The summed E-state index contributed by atoms with van der Waals surface area (Å²) in [6, 6.07) is 2.16. The summed E-state index contributed by atoms with van der Waals surface area (Å²) in [7, 11) is 0. The van der Waals surface area contributed by atoms with Crippen molar-refractivity contribution in [3.8, 4) is 6.07 Å². The second-order valence-electron chi connectivity index (χ2n) is 4.67. The molecule has 2 rings (SSSR count). The van der Waals surface area contributed by atoms with E-state index in [1.165, 1.54) is 0 Å². The van der Waals surface area contributed by atoms with Crippen molar-refractivity contribution < 1.29 is 9.53 Å². The van der Waals surface area contributed by atoms with E-state index in [0.717, 1.165) is 32.3 Å². The Kier molecular flexibility index (Phi) is 3.15. The third kappa shape index (κ3) is 2.05. The normalized spacial score (nSPS) is 26.1. The maximum absolute atomic E-state index is 12.1. The molecule has 0 spiro atoms. The van der Waals surface area contributed by atoms with Gasteiger partial charge in [-0.2, -0.15) is 5.26 Å². The average Bonchev–Trinajstić information content (AvgIpc) is 2.95. The summed E-state index contributed by atoms with van der Waals surface area (Å²) >= 11 is 0. The van der Waals surface area contributed by atoms with Crippen LogP contribution in [0.1, 0.15) is 32.6 Å². The summed E-state index contributed by atoms with van der Waals surface area (Å²) in [4.78, 5) is 13.9. The van der Waals surface area contributed by atoms with Crippen molar-refractivity contribution >= 4 is 5.91 Å². The molecule has 1 aliphatic heterocycles. The molecule has 88 valence electrons. The Bertz CT molecular complexity index is 311. The molecule has 0 aromatic carbocycles. The molecule has 1 unspecified atom stereocenters.